The Kier molecular flexibility index (Phi) is 6.81. The lowest BCUT2D eigenvalue weighted by molar-refractivity contribution is 0.0651. The van der Waals surface area contributed by atoms with Crippen molar-refractivity contribution in [3.05, 3.63) is 64.9 Å². The summed E-state index contributed by atoms with van der Waals surface area (Å²) >= 11 is 0. The van der Waals surface area contributed by atoms with E-state index in [2.05, 4.69) is 16.8 Å². The van der Waals surface area contributed by atoms with Crippen LogP contribution in [0.5, 0.6) is 5.75 Å². The van der Waals surface area contributed by atoms with E-state index in [-0.39, 0.29) is 23.9 Å². The topological polar surface area (TPSA) is 31.5 Å². The van der Waals surface area contributed by atoms with E-state index in [0.717, 1.165) is 47.6 Å². The predicted molar refractivity (Wildman–Crippen MR) is 137 cm³/mol. The number of aromatic nitrogens is 1. The van der Waals surface area contributed by atoms with Gasteiger partial charge in [0, 0.05) is 54.4 Å². The standard InChI is InChI=1S/C29H36F3N3O/c1-5-19-15-34(16-19)12-13-36-24-11-10-21(25(30)26(24)31)28-27-22(20-8-6-7-9-23(20)33-27)14-18(2)35(28)17-29(3,4)32/h6-11,18-19,28,33H,5,12-17H2,1-4H3/t18-,28-/m1/s1. The van der Waals surface area contributed by atoms with Gasteiger partial charge in [0.2, 0.25) is 5.82 Å². The highest BCUT2D eigenvalue weighted by Gasteiger charge is 2.40. The third-order valence-corrected chi connectivity index (χ3v) is 7.72. The normalized spacial score (nSPS) is 21.5. The molecule has 3 aromatic rings. The molecule has 1 saturated heterocycles. The van der Waals surface area contributed by atoms with Crippen LogP contribution >= 0.6 is 0 Å². The van der Waals surface area contributed by atoms with Gasteiger partial charge in [0.05, 0.1) is 6.04 Å². The zero-order valence-electron chi connectivity index (χ0n) is 21.6. The Morgan fingerprint density at radius 1 is 1.08 bits per heavy atom. The smallest absolute Gasteiger partial charge is 0.200 e. The number of hydrogen-bond acceptors (Lipinski definition) is 3. The molecule has 3 heterocycles. The number of likely N-dealkylation sites (tertiary alicyclic amines) is 1. The van der Waals surface area contributed by atoms with Crippen LogP contribution in [0, 0.1) is 17.6 Å². The Balaban J connectivity index is 1.46. The summed E-state index contributed by atoms with van der Waals surface area (Å²) in [6.07, 6.45) is 1.86. The van der Waals surface area contributed by atoms with Gasteiger partial charge in [0.1, 0.15) is 12.3 Å². The van der Waals surface area contributed by atoms with E-state index in [1.54, 1.807) is 6.07 Å². The minimum Gasteiger partial charge on any atom is -0.489 e. The Labute approximate surface area is 211 Å². The minimum absolute atomic E-state index is 0.0569. The molecule has 1 fully saturated rings. The zero-order valence-corrected chi connectivity index (χ0v) is 21.6. The zero-order chi connectivity index (χ0) is 25.6. The molecule has 2 atom stereocenters. The van der Waals surface area contributed by atoms with Crippen molar-refractivity contribution in [3.63, 3.8) is 0 Å². The molecule has 0 aliphatic carbocycles. The minimum atomic E-state index is -1.50. The SMILES string of the molecule is CCC1CN(CCOc2ccc([C@@H]3c4[nH]c5ccccc5c4C[C@@H](C)N3CC(C)(C)F)c(F)c2F)C1. The van der Waals surface area contributed by atoms with Crippen LogP contribution in [0.25, 0.3) is 10.9 Å². The fraction of sp³-hybridized carbons (Fsp3) is 0.517. The molecule has 2 aliphatic heterocycles. The molecular formula is C29H36F3N3O. The first kappa shape index (κ1) is 25.2. The third kappa shape index (κ3) is 4.75. The van der Waals surface area contributed by atoms with Crippen molar-refractivity contribution in [2.45, 2.75) is 58.3 Å². The maximum absolute atomic E-state index is 15.7. The molecule has 0 saturated carbocycles. The summed E-state index contributed by atoms with van der Waals surface area (Å²) < 4.78 is 51.5. The maximum Gasteiger partial charge on any atom is 0.200 e. The summed E-state index contributed by atoms with van der Waals surface area (Å²) in [5.74, 6) is -1.28. The molecular weight excluding hydrogens is 463 g/mol. The summed E-state index contributed by atoms with van der Waals surface area (Å²) in [5.41, 5.74) is 1.52. The first-order chi connectivity index (χ1) is 17.2. The number of ether oxygens (including phenoxy) is 1. The number of benzene rings is 2. The van der Waals surface area contributed by atoms with E-state index < -0.39 is 23.3 Å². The summed E-state index contributed by atoms with van der Waals surface area (Å²) in [5, 5.41) is 1.07. The lowest BCUT2D eigenvalue weighted by Crippen LogP contribution is -2.48. The lowest BCUT2D eigenvalue weighted by Gasteiger charge is -2.43. The largest absolute Gasteiger partial charge is 0.489 e. The maximum atomic E-state index is 15.7. The van der Waals surface area contributed by atoms with Crippen LogP contribution in [0.1, 0.15) is 57.0 Å². The molecule has 0 spiro atoms. The Hall–Kier alpha value is -2.51. The molecule has 0 unspecified atom stereocenters. The van der Waals surface area contributed by atoms with E-state index in [0.29, 0.717) is 19.6 Å². The highest BCUT2D eigenvalue weighted by molar-refractivity contribution is 5.85. The number of para-hydroxylation sites is 1. The molecule has 194 valence electrons. The van der Waals surface area contributed by atoms with E-state index in [4.69, 9.17) is 4.74 Å². The third-order valence-electron chi connectivity index (χ3n) is 7.72. The number of H-pyrrole nitrogens is 1. The van der Waals surface area contributed by atoms with Crippen LogP contribution in [-0.4, -0.2) is 59.3 Å². The van der Waals surface area contributed by atoms with E-state index in [1.807, 2.05) is 36.1 Å². The van der Waals surface area contributed by atoms with Gasteiger partial charge in [-0.2, -0.15) is 4.39 Å². The molecule has 2 aromatic carbocycles. The number of halogens is 3. The van der Waals surface area contributed by atoms with Gasteiger partial charge in [-0.05, 0) is 50.8 Å². The lowest BCUT2D eigenvalue weighted by atomic mass is 9.87. The molecule has 5 rings (SSSR count). The van der Waals surface area contributed by atoms with Gasteiger partial charge in [-0.3, -0.25) is 9.80 Å². The number of alkyl halides is 1. The predicted octanol–water partition coefficient (Wildman–Crippen LogP) is 6.25. The van der Waals surface area contributed by atoms with Crippen molar-refractivity contribution in [3.8, 4) is 5.75 Å². The molecule has 0 bridgehead atoms. The highest BCUT2D eigenvalue weighted by Crippen LogP contribution is 2.43. The quantitative estimate of drug-likeness (QED) is 0.398. The molecule has 7 heteroatoms. The second-order valence-corrected chi connectivity index (χ2v) is 11.1. The van der Waals surface area contributed by atoms with Crippen LogP contribution in [0.4, 0.5) is 13.2 Å². The van der Waals surface area contributed by atoms with Crippen molar-refractivity contribution in [1.29, 1.82) is 0 Å². The fourth-order valence-electron chi connectivity index (χ4n) is 5.79. The Morgan fingerprint density at radius 2 is 1.83 bits per heavy atom. The summed E-state index contributed by atoms with van der Waals surface area (Å²) in [7, 11) is 0. The summed E-state index contributed by atoms with van der Waals surface area (Å²) in [6.45, 7) is 10.4. The number of fused-ring (bicyclic) bond motifs is 3. The van der Waals surface area contributed by atoms with E-state index >= 15 is 8.78 Å². The van der Waals surface area contributed by atoms with Crippen LogP contribution in [-0.2, 0) is 6.42 Å². The number of nitrogens with one attached hydrogen (secondary N) is 1. The second kappa shape index (κ2) is 9.75. The molecule has 0 radical (unpaired) electrons. The first-order valence-corrected chi connectivity index (χ1v) is 13.0. The van der Waals surface area contributed by atoms with Crippen molar-refractivity contribution in [2.24, 2.45) is 5.92 Å². The van der Waals surface area contributed by atoms with E-state index in [1.165, 1.54) is 19.9 Å². The van der Waals surface area contributed by atoms with Gasteiger partial charge in [0.15, 0.2) is 11.6 Å². The molecule has 1 N–H and O–H groups in total. The van der Waals surface area contributed by atoms with Crippen molar-refractivity contribution >= 4 is 10.9 Å². The fourth-order valence-corrected chi connectivity index (χ4v) is 5.79. The Morgan fingerprint density at radius 3 is 2.56 bits per heavy atom. The molecule has 0 amide bonds. The molecule has 36 heavy (non-hydrogen) atoms. The summed E-state index contributed by atoms with van der Waals surface area (Å²) in [4.78, 5) is 7.65. The highest BCUT2D eigenvalue weighted by atomic mass is 19.2. The average molecular weight is 500 g/mol. The van der Waals surface area contributed by atoms with E-state index in [9.17, 15) is 4.39 Å². The van der Waals surface area contributed by atoms with Crippen LogP contribution in [0.3, 0.4) is 0 Å². The van der Waals surface area contributed by atoms with Gasteiger partial charge in [0.25, 0.3) is 0 Å². The molecule has 1 aromatic heterocycles. The van der Waals surface area contributed by atoms with Crippen molar-refractivity contribution in [2.75, 3.05) is 32.8 Å². The number of hydrogen-bond donors (Lipinski definition) is 1. The molecule has 4 nitrogen and oxygen atoms in total. The van der Waals surface area contributed by atoms with Gasteiger partial charge in [-0.25, -0.2) is 8.78 Å². The van der Waals surface area contributed by atoms with Crippen LogP contribution in [0.15, 0.2) is 36.4 Å². The first-order valence-electron chi connectivity index (χ1n) is 13.0. The van der Waals surface area contributed by atoms with Crippen molar-refractivity contribution < 1.29 is 17.9 Å². The van der Waals surface area contributed by atoms with Gasteiger partial charge in [-0.15, -0.1) is 0 Å². The monoisotopic (exact) mass is 499 g/mol. The number of aromatic amines is 1. The van der Waals surface area contributed by atoms with Gasteiger partial charge in [-0.1, -0.05) is 37.6 Å². The van der Waals surface area contributed by atoms with Crippen LogP contribution < -0.4 is 4.74 Å². The molecule has 2 aliphatic rings. The number of nitrogens with zero attached hydrogens (tertiary/aromatic N) is 2. The van der Waals surface area contributed by atoms with Crippen LogP contribution in [0.2, 0.25) is 0 Å². The van der Waals surface area contributed by atoms with Gasteiger partial charge >= 0.3 is 0 Å². The average Bonchev–Trinajstić information content (AvgIpc) is 3.16. The second-order valence-electron chi connectivity index (χ2n) is 11.1. The van der Waals surface area contributed by atoms with Crippen molar-refractivity contribution in [1.82, 2.24) is 14.8 Å². The van der Waals surface area contributed by atoms with Gasteiger partial charge < -0.3 is 9.72 Å². The number of rotatable bonds is 8. The summed E-state index contributed by atoms with van der Waals surface area (Å²) in [6, 6.07) is 10.4. The Bertz CT molecular complexity index is 1230.